The summed E-state index contributed by atoms with van der Waals surface area (Å²) in [5.74, 6) is 1.59. The summed E-state index contributed by atoms with van der Waals surface area (Å²) in [6.45, 7) is 2.25. The summed E-state index contributed by atoms with van der Waals surface area (Å²) in [6.07, 6.45) is 3.31. The average Bonchev–Trinajstić information content (AvgIpc) is 3.39. The third kappa shape index (κ3) is 5.27. The van der Waals surface area contributed by atoms with Crippen LogP contribution in [0.25, 0.3) is 17.2 Å². The van der Waals surface area contributed by atoms with Crippen LogP contribution < -0.4 is 18.9 Å². The van der Waals surface area contributed by atoms with E-state index in [2.05, 4.69) is 29.9 Å². The number of anilines is 1. The first-order valence-corrected chi connectivity index (χ1v) is 14.0. The van der Waals surface area contributed by atoms with E-state index in [1.165, 1.54) is 25.9 Å². The SMILES string of the molecule is COc1cccc(-c2nnc(NS(=O)(=O)[C@H]3CCCO[C@@H]3c3ncc(C)cn3)n2-c2c(OC)cccc2OC)n1. The normalized spacial score (nSPS) is 17.3. The van der Waals surface area contributed by atoms with Gasteiger partial charge in [0.15, 0.2) is 11.6 Å². The van der Waals surface area contributed by atoms with E-state index >= 15 is 0 Å². The lowest BCUT2D eigenvalue weighted by molar-refractivity contribution is 0.0126. The topological polar surface area (TPSA) is 152 Å². The van der Waals surface area contributed by atoms with Crippen molar-refractivity contribution in [1.29, 1.82) is 0 Å². The molecule has 0 unspecified atom stereocenters. The second kappa shape index (κ2) is 11.4. The summed E-state index contributed by atoms with van der Waals surface area (Å²) in [7, 11) is 0.403. The Hall–Kier alpha value is -4.30. The average molecular weight is 568 g/mol. The summed E-state index contributed by atoms with van der Waals surface area (Å²) >= 11 is 0. The Morgan fingerprint density at radius 2 is 1.68 bits per heavy atom. The molecule has 0 aliphatic carbocycles. The van der Waals surface area contributed by atoms with Crippen LogP contribution >= 0.6 is 0 Å². The predicted octanol–water partition coefficient (Wildman–Crippen LogP) is 3.12. The Labute approximate surface area is 231 Å². The molecule has 1 aliphatic heterocycles. The number of benzene rings is 1. The van der Waals surface area contributed by atoms with E-state index in [9.17, 15) is 8.42 Å². The molecule has 0 radical (unpaired) electrons. The van der Waals surface area contributed by atoms with Crippen molar-refractivity contribution in [2.75, 3.05) is 32.7 Å². The molecule has 13 nitrogen and oxygen atoms in total. The third-order valence-electron chi connectivity index (χ3n) is 6.41. The molecule has 1 saturated heterocycles. The summed E-state index contributed by atoms with van der Waals surface area (Å²) in [5.41, 5.74) is 1.62. The standard InChI is InChI=1S/C26H29N7O6S/c1-16-14-27-24(28-15-16)23-20(11-7-13-39-23)40(34,35)32-26-31-30-25(17-8-5-12-21(29-17)38-4)33(26)22-18(36-2)9-6-10-19(22)37-3/h5-6,8-10,12,14-15,20,23H,7,11,13H2,1-4H3,(H,31,32)/t20-,23-/m0/s1. The van der Waals surface area contributed by atoms with E-state index in [0.717, 1.165) is 5.56 Å². The van der Waals surface area contributed by atoms with E-state index in [0.29, 0.717) is 54.0 Å². The molecule has 2 atom stereocenters. The number of aryl methyl sites for hydroxylation is 1. The van der Waals surface area contributed by atoms with Gasteiger partial charge in [0.2, 0.25) is 21.9 Å². The van der Waals surface area contributed by atoms with Crippen LogP contribution in [0.2, 0.25) is 0 Å². The van der Waals surface area contributed by atoms with Gasteiger partial charge in [0.1, 0.15) is 34.2 Å². The molecule has 14 heteroatoms. The first kappa shape index (κ1) is 27.3. The largest absolute Gasteiger partial charge is 0.494 e. The van der Waals surface area contributed by atoms with Gasteiger partial charge in [-0.15, -0.1) is 10.2 Å². The minimum atomic E-state index is -4.10. The van der Waals surface area contributed by atoms with E-state index in [4.69, 9.17) is 18.9 Å². The van der Waals surface area contributed by atoms with Gasteiger partial charge < -0.3 is 18.9 Å². The zero-order chi connectivity index (χ0) is 28.3. The van der Waals surface area contributed by atoms with Gasteiger partial charge in [0.25, 0.3) is 0 Å². The van der Waals surface area contributed by atoms with Crippen LogP contribution in [0, 0.1) is 6.92 Å². The lowest BCUT2D eigenvalue weighted by Crippen LogP contribution is -2.39. The maximum absolute atomic E-state index is 13.9. The lowest BCUT2D eigenvalue weighted by atomic mass is 10.1. The van der Waals surface area contributed by atoms with Gasteiger partial charge in [-0.2, -0.15) is 0 Å². The summed E-state index contributed by atoms with van der Waals surface area (Å²) in [4.78, 5) is 13.1. The summed E-state index contributed by atoms with van der Waals surface area (Å²) in [5, 5.41) is 7.55. The highest BCUT2D eigenvalue weighted by atomic mass is 32.2. The zero-order valence-electron chi connectivity index (χ0n) is 22.4. The smallest absolute Gasteiger partial charge is 0.243 e. The highest BCUT2D eigenvalue weighted by molar-refractivity contribution is 7.93. The first-order valence-electron chi connectivity index (χ1n) is 12.5. The molecule has 210 valence electrons. The molecule has 5 rings (SSSR count). The van der Waals surface area contributed by atoms with Gasteiger partial charge in [0.05, 0.1) is 21.3 Å². The number of sulfonamides is 1. The second-order valence-electron chi connectivity index (χ2n) is 9.00. The molecule has 0 saturated carbocycles. The van der Waals surface area contributed by atoms with Crippen molar-refractivity contribution in [2.45, 2.75) is 31.1 Å². The maximum Gasteiger partial charge on any atom is 0.243 e. The number of aromatic nitrogens is 6. The maximum atomic E-state index is 13.9. The molecule has 1 N–H and O–H groups in total. The van der Waals surface area contributed by atoms with E-state index < -0.39 is 21.4 Å². The number of ether oxygens (including phenoxy) is 4. The number of methoxy groups -OCH3 is 3. The van der Waals surface area contributed by atoms with Crippen molar-refractivity contribution in [3.05, 3.63) is 60.2 Å². The van der Waals surface area contributed by atoms with Crippen molar-refractivity contribution in [2.24, 2.45) is 0 Å². The van der Waals surface area contributed by atoms with Crippen LogP contribution in [0.4, 0.5) is 5.95 Å². The Bertz CT molecular complexity index is 1570. The van der Waals surface area contributed by atoms with Crippen LogP contribution in [0.5, 0.6) is 17.4 Å². The second-order valence-corrected chi connectivity index (χ2v) is 10.9. The molecule has 4 heterocycles. The van der Waals surface area contributed by atoms with Crippen molar-refractivity contribution < 1.29 is 27.4 Å². The molecule has 1 aliphatic rings. The monoisotopic (exact) mass is 567 g/mol. The van der Waals surface area contributed by atoms with E-state index in [1.54, 1.807) is 48.8 Å². The van der Waals surface area contributed by atoms with Gasteiger partial charge in [0, 0.05) is 25.1 Å². The number of nitrogens with zero attached hydrogens (tertiary/aromatic N) is 6. The quantitative estimate of drug-likeness (QED) is 0.317. The molecule has 0 amide bonds. The minimum absolute atomic E-state index is 0.0865. The van der Waals surface area contributed by atoms with E-state index in [1.807, 2.05) is 6.92 Å². The van der Waals surface area contributed by atoms with Gasteiger partial charge in [-0.3, -0.25) is 9.29 Å². The van der Waals surface area contributed by atoms with Crippen LogP contribution in [0.3, 0.4) is 0 Å². The van der Waals surface area contributed by atoms with Crippen LogP contribution in [0.1, 0.15) is 30.3 Å². The number of hydrogen-bond acceptors (Lipinski definition) is 11. The molecule has 0 bridgehead atoms. The number of hydrogen-bond donors (Lipinski definition) is 1. The molecule has 3 aromatic heterocycles. The number of rotatable bonds is 9. The Morgan fingerprint density at radius 3 is 2.35 bits per heavy atom. The first-order chi connectivity index (χ1) is 19.4. The van der Waals surface area contributed by atoms with Gasteiger partial charge in [-0.1, -0.05) is 12.1 Å². The van der Waals surface area contributed by atoms with Gasteiger partial charge in [-0.05, 0) is 43.5 Å². The van der Waals surface area contributed by atoms with Crippen molar-refractivity contribution in [1.82, 2.24) is 29.7 Å². The number of nitrogens with one attached hydrogen (secondary N) is 1. The van der Waals surface area contributed by atoms with Crippen molar-refractivity contribution in [3.63, 3.8) is 0 Å². The fraction of sp³-hybridized carbons (Fsp3) is 0.346. The number of pyridine rings is 1. The molecule has 1 fully saturated rings. The minimum Gasteiger partial charge on any atom is -0.494 e. The molecular formula is C26H29N7O6S. The zero-order valence-corrected chi connectivity index (χ0v) is 23.3. The van der Waals surface area contributed by atoms with E-state index in [-0.39, 0.29) is 11.8 Å². The number of para-hydroxylation sites is 1. The summed E-state index contributed by atoms with van der Waals surface area (Å²) in [6, 6.07) is 10.3. The highest BCUT2D eigenvalue weighted by Crippen LogP contribution is 2.39. The fourth-order valence-electron chi connectivity index (χ4n) is 4.50. The third-order valence-corrected chi connectivity index (χ3v) is 8.15. The summed E-state index contributed by atoms with van der Waals surface area (Å²) < 4.78 is 54.4. The lowest BCUT2D eigenvalue weighted by Gasteiger charge is -2.30. The Morgan fingerprint density at radius 1 is 0.975 bits per heavy atom. The Balaban J connectivity index is 1.63. The molecule has 40 heavy (non-hydrogen) atoms. The van der Waals surface area contributed by atoms with Crippen LogP contribution in [-0.4, -0.2) is 71.3 Å². The molecule has 4 aromatic rings. The predicted molar refractivity (Wildman–Crippen MR) is 145 cm³/mol. The van der Waals surface area contributed by atoms with Crippen LogP contribution in [-0.2, 0) is 14.8 Å². The van der Waals surface area contributed by atoms with Crippen LogP contribution in [0.15, 0.2) is 48.8 Å². The van der Waals surface area contributed by atoms with Crippen molar-refractivity contribution in [3.8, 4) is 34.6 Å². The molecule has 0 spiro atoms. The molecular weight excluding hydrogens is 538 g/mol. The molecule has 1 aromatic carbocycles. The fourth-order valence-corrected chi connectivity index (χ4v) is 6.04. The van der Waals surface area contributed by atoms with Crippen molar-refractivity contribution >= 4 is 16.0 Å². The Kier molecular flexibility index (Phi) is 7.80. The van der Waals surface area contributed by atoms with Gasteiger partial charge in [-0.25, -0.2) is 23.4 Å². The highest BCUT2D eigenvalue weighted by Gasteiger charge is 2.40. The van der Waals surface area contributed by atoms with Gasteiger partial charge >= 0.3 is 0 Å².